The molecule has 9 nitrogen and oxygen atoms in total. The Hall–Kier alpha value is -3.49. The molecule has 0 bridgehead atoms. The number of esters is 1. The Morgan fingerprint density at radius 1 is 1.02 bits per heavy atom. The smallest absolute Gasteiger partial charge is 0.408 e. The number of likely N-dealkylation sites (tertiary alicyclic amines) is 1. The van der Waals surface area contributed by atoms with Gasteiger partial charge < -0.3 is 19.7 Å². The Morgan fingerprint density at radius 3 is 2.40 bits per heavy atom. The van der Waals surface area contributed by atoms with Crippen molar-refractivity contribution in [3.8, 4) is 0 Å². The molecule has 1 aromatic rings. The molecule has 0 aromatic heterocycles. The number of nitrogens with zero attached hydrogens (tertiary/aromatic N) is 1. The molecule has 1 aliphatic rings. The van der Waals surface area contributed by atoms with Gasteiger partial charge in [0.1, 0.15) is 6.61 Å². The summed E-state index contributed by atoms with van der Waals surface area (Å²) in [4.78, 5) is 66.4. The van der Waals surface area contributed by atoms with E-state index in [2.05, 4.69) is 19.2 Å². The number of rotatable bonds is 18. The van der Waals surface area contributed by atoms with Gasteiger partial charge >= 0.3 is 12.1 Å². The standard InChI is InChI=1S/C34H50N2O7/c1-6-42-32(39)20-11-10-17-28(35-34(41)43-23-26-15-8-7-9-16-26)31(38)22-27(25(4)5)33(40)36-21-13-18-29(36)30(37)19-12-14-24(2)3/h7-9,11,15-16,20,24-25,27-29H,6,10,12-14,17-19,21-23H2,1-5H3,(H,35,41)/b20-11+/t27-,28-,29-/m0/s1. The highest BCUT2D eigenvalue weighted by molar-refractivity contribution is 5.94. The second-order valence-electron chi connectivity index (χ2n) is 12.0. The van der Waals surface area contributed by atoms with Gasteiger partial charge in [-0.3, -0.25) is 14.4 Å². The maximum atomic E-state index is 13.8. The zero-order valence-electron chi connectivity index (χ0n) is 26.5. The van der Waals surface area contributed by atoms with Gasteiger partial charge in [-0.1, -0.05) is 70.5 Å². The van der Waals surface area contributed by atoms with E-state index < -0.39 is 30.1 Å². The van der Waals surface area contributed by atoms with E-state index in [1.807, 2.05) is 44.2 Å². The van der Waals surface area contributed by atoms with E-state index in [0.29, 0.717) is 31.7 Å². The maximum Gasteiger partial charge on any atom is 0.408 e. The van der Waals surface area contributed by atoms with Crippen molar-refractivity contribution in [3.63, 3.8) is 0 Å². The Kier molecular flexibility index (Phi) is 15.7. The van der Waals surface area contributed by atoms with E-state index in [1.165, 1.54) is 6.08 Å². The molecule has 0 unspecified atom stereocenters. The SMILES string of the molecule is CCOC(=O)/C=C/CC[C@H](NC(=O)OCc1ccccc1)C(=O)C[C@H](C(=O)N1CCC[C@H]1C(=O)CCCC(C)C)C(C)C. The molecule has 1 N–H and O–H groups in total. The fraction of sp³-hybridized carbons (Fsp3) is 0.618. The molecule has 0 saturated carbocycles. The third-order valence-electron chi connectivity index (χ3n) is 7.71. The normalized spacial score (nSPS) is 16.3. The number of ketones is 2. The number of carbonyl (C=O) groups is 5. The number of alkyl carbamates (subject to hydrolysis) is 1. The van der Waals surface area contributed by atoms with Gasteiger partial charge in [-0.15, -0.1) is 0 Å². The number of carbonyl (C=O) groups excluding carboxylic acids is 5. The molecule has 0 aliphatic carbocycles. The van der Waals surface area contributed by atoms with Gasteiger partial charge in [-0.2, -0.15) is 0 Å². The first-order valence-corrected chi connectivity index (χ1v) is 15.7. The molecule has 1 fully saturated rings. The third kappa shape index (κ3) is 12.7. The number of Topliss-reactive ketones (excluding diaryl/α,β-unsaturated/α-hetero) is 2. The molecular formula is C34H50N2O7. The van der Waals surface area contributed by atoms with Crippen LogP contribution in [0.1, 0.15) is 91.5 Å². The Morgan fingerprint density at radius 2 is 1.74 bits per heavy atom. The summed E-state index contributed by atoms with van der Waals surface area (Å²) in [7, 11) is 0. The second kappa shape index (κ2) is 18.9. The first-order valence-electron chi connectivity index (χ1n) is 15.7. The number of nitrogens with one attached hydrogen (secondary N) is 1. The molecule has 1 saturated heterocycles. The first-order chi connectivity index (χ1) is 20.5. The van der Waals surface area contributed by atoms with E-state index in [1.54, 1.807) is 17.9 Å². The lowest BCUT2D eigenvalue weighted by atomic mass is 9.86. The van der Waals surface area contributed by atoms with Gasteiger partial charge in [-0.25, -0.2) is 9.59 Å². The van der Waals surface area contributed by atoms with E-state index in [4.69, 9.17) is 9.47 Å². The van der Waals surface area contributed by atoms with E-state index >= 15 is 0 Å². The quantitative estimate of drug-likeness (QED) is 0.168. The van der Waals surface area contributed by atoms with Crippen molar-refractivity contribution in [2.75, 3.05) is 13.2 Å². The van der Waals surface area contributed by atoms with Gasteiger partial charge in [0.2, 0.25) is 5.91 Å². The van der Waals surface area contributed by atoms with Crippen LogP contribution < -0.4 is 5.32 Å². The van der Waals surface area contributed by atoms with Crippen molar-refractivity contribution in [3.05, 3.63) is 48.0 Å². The number of amides is 2. The fourth-order valence-corrected chi connectivity index (χ4v) is 5.25. The van der Waals surface area contributed by atoms with Crippen LogP contribution >= 0.6 is 0 Å². The highest BCUT2D eigenvalue weighted by Gasteiger charge is 2.39. The summed E-state index contributed by atoms with van der Waals surface area (Å²) < 4.78 is 10.2. The first kappa shape index (κ1) is 35.7. The average molecular weight is 599 g/mol. The molecule has 43 heavy (non-hydrogen) atoms. The highest BCUT2D eigenvalue weighted by Crippen LogP contribution is 2.27. The summed E-state index contributed by atoms with van der Waals surface area (Å²) in [5.41, 5.74) is 0.808. The average Bonchev–Trinajstić information content (AvgIpc) is 3.46. The van der Waals surface area contributed by atoms with E-state index in [0.717, 1.165) is 24.8 Å². The summed E-state index contributed by atoms with van der Waals surface area (Å²) in [6.45, 7) is 10.6. The highest BCUT2D eigenvalue weighted by atomic mass is 16.5. The van der Waals surface area contributed by atoms with Crippen LogP contribution in [-0.4, -0.2) is 59.7 Å². The molecule has 2 rings (SSSR count). The third-order valence-corrected chi connectivity index (χ3v) is 7.71. The summed E-state index contributed by atoms with van der Waals surface area (Å²) >= 11 is 0. The van der Waals surface area contributed by atoms with Crippen LogP contribution in [0.4, 0.5) is 4.79 Å². The van der Waals surface area contributed by atoms with Crippen LogP contribution in [0.5, 0.6) is 0 Å². The Labute approximate surface area is 256 Å². The lowest BCUT2D eigenvalue weighted by Crippen LogP contribution is -2.47. The van der Waals surface area contributed by atoms with Crippen molar-refractivity contribution in [1.29, 1.82) is 0 Å². The predicted octanol–water partition coefficient (Wildman–Crippen LogP) is 5.80. The van der Waals surface area contributed by atoms with Crippen LogP contribution in [0.3, 0.4) is 0 Å². The molecule has 3 atom stereocenters. The minimum Gasteiger partial charge on any atom is -0.463 e. The van der Waals surface area contributed by atoms with Gasteiger partial charge in [0, 0.05) is 31.4 Å². The molecule has 9 heteroatoms. The number of hydrogen-bond donors (Lipinski definition) is 1. The topological polar surface area (TPSA) is 119 Å². The lowest BCUT2D eigenvalue weighted by Gasteiger charge is -2.30. The summed E-state index contributed by atoms with van der Waals surface area (Å²) in [6.07, 6.45) is 6.25. The van der Waals surface area contributed by atoms with Crippen molar-refractivity contribution >= 4 is 29.5 Å². The Bertz CT molecular complexity index is 1080. The van der Waals surface area contributed by atoms with Crippen molar-refractivity contribution < 1.29 is 33.4 Å². The minimum atomic E-state index is -0.920. The van der Waals surface area contributed by atoms with Crippen LogP contribution in [0.25, 0.3) is 0 Å². The number of hydrogen-bond acceptors (Lipinski definition) is 7. The van der Waals surface area contributed by atoms with Crippen molar-refractivity contribution in [2.24, 2.45) is 17.8 Å². The van der Waals surface area contributed by atoms with Gasteiger partial charge in [-0.05, 0) is 56.4 Å². The summed E-state index contributed by atoms with van der Waals surface area (Å²) in [5.74, 6) is -1.13. The molecule has 238 valence electrons. The zero-order chi connectivity index (χ0) is 31.8. The van der Waals surface area contributed by atoms with E-state index in [9.17, 15) is 24.0 Å². The largest absolute Gasteiger partial charge is 0.463 e. The van der Waals surface area contributed by atoms with Crippen LogP contribution in [0.2, 0.25) is 0 Å². The van der Waals surface area contributed by atoms with Crippen molar-refractivity contribution in [2.45, 2.75) is 105 Å². The van der Waals surface area contributed by atoms with E-state index in [-0.39, 0.29) is 49.4 Å². The predicted molar refractivity (Wildman–Crippen MR) is 165 cm³/mol. The monoisotopic (exact) mass is 598 g/mol. The zero-order valence-corrected chi connectivity index (χ0v) is 26.5. The number of benzene rings is 1. The molecule has 1 aromatic carbocycles. The number of ether oxygens (including phenoxy) is 2. The molecule has 0 spiro atoms. The van der Waals surface area contributed by atoms with Crippen LogP contribution in [0, 0.1) is 17.8 Å². The van der Waals surface area contributed by atoms with Crippen LogP contribution in [0.15, 0.2) is 42.5 Å². The Balaban J connectivity index is 2.10. The summed E-state index contributed by atoms with van der Waals surface area (Å²) in [6, 6.07) is 7.84. The van der Waals surface area contributed by atoms with Crippen molar-refractivity contribution in [1.82, 2.24) is 10.2 Å². The molecule has 0 radical (unpaired) electrons. The molecule has 1 heterocycles. The number of allylic oxidation sites excluding steroid dienone is 1. The van der Waals surface area contributed by atoms with Gasteiger partial charge in [0.05, 0.1) is 18.7 Å². The van der Waals surface area contributed by atoms with Gasteiger partial charge in [0.15, 0.2) is 11.6 Å². The van der Waals surface area contributed by atoms with Gasteiger partial charge in [0.25, 0.3) is 0 Å². The second-order valence-corrected chi connectivity index (χ2v) is 12.0. The van der Waals surface area contributed by atoms with Crippen LogP contribution in [-0.2, 0) is 35.3 Å². The molecular weight excluding hydrogens is 548 g/mol. The molecule has 1 aliphatic heterocycles. The minimum absolute atomic E-state index is 0.0466. The lowest BCUT2D eigenvalue weighted by molar-refractivity contribution is -0.144. The fourth-order valence-electron chi connectivity index (χ4n) is 5.25. The molecule has 2 amide bonds. The maximum absolute atomic E-state index is 13.8. The summed E-state index contributed by atoms with van der Waals surface area (Å²) in [5, 5.41) is 2.67.